The fraction of sp³-hybridized carbons (Fsp3) is 0.500. The summed E-state index contributed by atoms with van der Waals surface area (Å²) < 4.78 is 24.2. The predicted molar refractivity (Wildman–Crippen MR) is 71.3 cm³/mol. The summed E-state index contributed by atoms with van der Waals surface area (Å²) in [6.45, 7) is 2.04. The van der Waals surface area contributed by atoms with Crippen molar-refractivity contribution >= 4 is 21.4 Å². The van der Waals surface area contributed by atoms with Gasteiger partial charge in [-0.1, -0.05) is 24.9 Å². The summed E-state index contributed by atoms with van der Waals surface area (Å²) in [6, 6.07) is 6.30. The maximum Gasteiger partial charge on any atom is 0.179 e. The van der Waals surface area contributed by atoms with Gasteiger partial charge in [0.2, 0.25) is 0 Å². The van der Waals surface area contributed by atoms with Gasteiger partial charge >= 0.3 is 0 Å². The van der Waals surface area contributed by atoms with E-state index in [1.807, 2.05) is 6.92 Å². The second-order valence-electron chi connectivity index (χ2n) is 4.01. The van der Waals surface area contributed by atoms with E-state index in [-0.39, 0.29) is 11.8 Å². The molecule has 0 saturated carbocycles. The lowest BCUT2D eigenvalue weighted by Crippen LogP contribution is -2.32. The number of sulfone groups is 1. The molecule has 0 saturated heterocycles. The zero-order chi connectivity index (χ0) is 12.9. The Morgan fingerprint density at radius 1 is 1.29 bits per heavy atom. The molecule has 1 rings (SSSR count). The van der Waals surface area contributed by atoms with Crippen LogP contribution in [0.4, 0.5) is 0 Å². The van der Waals surface area contributed by atoms with Crippen LogP contribution in [0.1, 0.15) is 19.8 Å². The van der Waals surface area contributed by atoms with E-state index in [0.717, 1.165) is 12.8 Å². The Labute approximate surface area is 108 Å². The average molecular weight is 276 g/mol. The van der Waals surface area contributed by atoms with Crippen LogP contribution in [-0.4, -0.2) is 27.3 Å². The Morgan fingerprint density at radius 3 is 2.35 bits per heavy atom. The van der Waals surface area contributed by atoms with Gasteiger partial charge in [-0.05, 0) is 37.7 Å². The first-order valence-electron chi connectivity index (χ1n) is 5.65. The molecule has 0 amide bonds. The van der Waals surface area contributed by atoms with Crippen molar-refractivity contribution in [2.24, 2.45) is 0 Å². The molecule has 3 nitrogen and oxygen atoms in total. The summed E-state index contributed by atoms with van der Waals surface area (Å²) in [4.78, 5) is 0.332. The highest BCUT2D eigenvalue weighted by molar-refractivity contribution is 7.91. The van der Waals surface area contributed by atoms with E-state index < -0.39 is 9.84 Å². The lowest BCUT2D eigenvalue weighted by molar-refractivity contribution is 0.536. The van der Waals surface area contributed by atoms with Crippen LogP contribution in [0.2, 0.25) is 5.02 Å². The largest absolute Gasteiger partial charge is 0.316 e. The van der Waals surface area contributed by atoms with Gasteiger partial charge in [-0.3, -0.25) is 0 Å². The van der Waals surface area contributed by atoms with E-state index in [1.54, 1.807) is 31.3 Å². The summed E-state index contributed by atoms with van der Waals surface area (Å²) in [5.41, 5.74) is 0. The van der Waals surface area contributed by atoms with Crippen LogP contribution in [0.5, 0.6) is 0 Å². The molecule has 1 atom stereocenters. The van der Waals surface area contributed by atoms with E-state index in [0.29, 0.717) is 9.92 Å². The third kappa shape index (κ3) is 4.30. The number of hydrogen-bond donors (Lipinski definition) is 1. The van der Waals surface area contributed by atoms with Gasteiger partial charge in [-0.25, -0.2) is 8.42 Å². The maximum absolute atomic E-state index is 12.1. The smallest absolute Gasteiger partial charge is 0.179 e. The molecule has 0 fully saturated rings. The van der Waals surface area contributed by atoms with E-state index in [9.17, 15) is 8.42 Å². The van der Waals surface area contributed by atoms with Gasteiger partial charge in [0.25, 0.3) is 0 Å². The van der Waals surface area contributed by atoms with Crippen LogP contribution >= 0.6 is 11.6 Å². The summed E-state index contributed by atoms with van der Waals surface area (Å²) in [6.07, 6.45) is 1.81. The highest BCUT2D eigenvalue weighted by atomic mass is 35.5. The molecular formula is C12H18ClNO2S. The van der Waals surface area contributed by atoms with Crippen LogP contribution in [0.15, 0.2) is 29.2 Å². The van der Waals surface area contributed by atoms with Crippen molar-refractivity contribution in [1.29, 1.82) is 0 Å². The van der Waals surface area contributed by atoms with E-state index in [1.165, 1.54) is 0 Å². The third-order valence-corrected chi connectivity index (χ3v) is 4.72. The quantitative estimate of drug-likeness (QED) is 0.868. The zero-order valence-corrected chi connectivity index (χ0v) is 11.7. The van der Waals surface area contributed by atoms with Gasteiger partial charge in [0.05, 0.1) is 10.6 Å². The minimum absolute atomic E-state index is 0.000628. The van der Waals surface area contributed by atoms with Gasteiger partial charge < -0.3 is 5.32 Å². The molecule has 0 bridgehead atoms. The normalized spacial score (nSPS) is 13.6. The molecule has 17 heavy (non-hydrogen) atoms. The van der Waals surface area contributed by atoms with Gasteiger partial charge in [-0.2, -0.15) is 0 Å². The summed E-state index contributed by atoms with van der Waals surface area (Å²) in [5.74, 6) is 0.124. The molecule has 0 aliphatic heterocycles. The monoisotopic (exact) mass is 275 g/mol. The molecule has 0 radical (unpaired) electrons. The maximum atomic E-state index is 12.1. The number of halogens is 1. The minimum Gasteiger partial charge on any atom is -0.316 e. The Balaban J connectivity index is 2.84. The molecular weight excluding hydrogens is 258 g/mol. The Morgan fingerprint density at radius 2 is 1.88 bits per heavy atom. The molecule has 0 aliphatic carbocycles. The molecule has 0 heterocycles. The topological polar surface area (TPSA) is 46.2 Å². The van der Waals surface area contributed by atoms with Gasteiger partial charge in [0.15, 0.2) is 9.84 Å². The molecule has 0 aromatic heterocycles. The van der Waals surface area contributed by atoms with Crippen molar-refractivity contribution in [3.8, 4) is 0 Å². The lowest BCUT2D eigenvalue weighted by atomic mass is 10.2. The number of nitrogens with one attached hydrogen (secondary N) is 1. The number of hydrogen-bond acceptors (Lipinski definition) is 3. The molecule has 1 aromatic rings. The average Bonchev–Trinajstić information content (AvgIpc) is 2.28. The molecule has 5 heteroatoms. The minimum atomic E-state index is -3.23. The molecule has 1 aromatic carbocycles. The standard InChI is InChI=1S/C12H18ClNO2S/c1-3-4-11(14-2)9-17(15,16)12-7-5-10(13)6-8-12/h5-8,11,14H,3-4,9H2,1-2H3. The molecule has 0 spiro atoms. The van der Waals surface area contributed by atoms with E-state index in [4.69, 9.17) is 11.6 Å². The molecule has 0 aliphatic rings. The first-order chi connectivity index (χ1) is 7.99. The third-order valence-electron chi connectivity index (χ3n) is 2.64. The number of benzene rings is 1. The number of rotatable bonds is 6. The van der Waals surface area contributed by atoms with Crippen molar-refractivity contribution in [2.75, 3.05) is 12.8 Å². The van der Waals surface area contributed by atoms with Crippen molar-refractivity contribution in [3.63, 3.8) is 0 Å². The van der Waals surface area contributed by atoms with Gasteiger partial charge in [0.1, 0.15) is 0 Å². The van der Waals surface area contributed by atoms with Crippen LogP contribution in [0, 0.1) is 0 Å². The zero-order valence-electron chi connectivity index (χ0n) is 10.1. The fourth-order valence-corrected chi connectivity index (χ4v) is 3.39. The van der Waals surface area contributed by atoms with Crippen LogP contribution in [-0.2, 0) is 9.84 Å². The Kier molecular flexibility index (Phi) is 5.43. The van der Waals surface area contributed by atoms with Gasteiger partial charge in [-0.15, -0.1) is 0 Å². The fourth-order valence-electron chi connectivity index (χ4n) is 1.66. The molecule has 96 valence electrons. The summed E-state index contributed by atoms with van der Waals surface area (Å²) in [7, 11) is -1.44. The first kappa shape index (κ1) is 14.5. The molecule has 1 unspecified atom stereocenters. The first-order valence-corrected chi connectivity index (χ1v) is 7.68. The SMILES string of the molecule is CCCC(CS(=O)(=O)c1ccc(Cl)cc1)NC. The highest BCUT2D eigenvalue weighted by Gasteiger charge is 2.19. The van der Waals surface area contributed by atoms with Crippen LogP contribution in [0.3, 0.4) is 0 Å². The highest BCUT2D eigenvalue weighted by Crippen LogP contribution is 2.16. The van der Waals surface area contributed by atoms with Crippen LogP contribution < -0.4 is 5.32 Å². The second kappa shape index (κ2) is 6.38. The van der Waals surface area contributed by atoms with Crippen molar-refractivity contribution < 1.29 is 8.42 Å². The van der Waals surface area contributed by atoms with Crippen LogP contribution in [0.25, 0.3) is 0 Å². The van der Waals surface area contributed by atoms with Crippen molar-refractivity contribution in [2.45, 2.75) is 30.7 Å². The summed E-state index contributed by atoms with van der Waals surface area (Å²) in [5, 5.41) is 3.58. The Bertz CT molecular complexity index is 442. The summed E-state index contributed by atoms with van der Waals surface area (Å²) >= 11 is 5.74. The second-order valence-corrected chi connectivity index (χ2v) is 6.48. The van der Waals surface area contributed by atoms with Gasteiger partial charge in [0, 0.05) is 11.1 Å². The lowest BCUT2D eigenvalue weighted by Gasteiger charge is -2.15. The molecule has 1 N–H and O–H groups in total. The van der Waals surface area contributed by atoms with Crippen molar-refractivity contribution in [3.05, 3.63) is 29.3 Å². The van der Waals surface area contributed by atoms with Crippen molar-refractivity contribution in [1.82, 2.24) is 5.32 Å². The van der Waals surface area contributed by atoms with E-state index >= 15 is 0 Å². The predicted octanol–water partition coefficient (Wildman–Crippen LogP) is 2.50. The Hall–Kier alpha value is -0.580. The van der Waals surface area contributed by atoms with E-state index in [2.05, 4.69) is 5.32 Å².